The van der Waals surface area contributed by atoms with Crippen molar-refractivity contribution in [2.24, 2.45) is 5.92 Å². The normalized spacial score (nSPS) is 11.6. The zero-order chi connectivity index (χ0) is 39.1. The van der Waals surface area contributed by atoms with E-state index in [4.69, 9.17) is 4.74 Å². The van der Waals surface area contributed by atoms with Crippen molar-refractivity contribution in [3.63, 3.8) is 0 Å². The molecule has 0 aliphatic rings. The lowest BCUT2D eigenvalue weighted by Gasteiger charge is -2.06. The van der Waals surface area contributed by atoms with Gasteiger partial charge in [0.1, 0.15) is 0 Å². The Hall–Kier alpha value is -0.530. The van der Waals surface area contributed by atoms with Crippen molar-refractivity contribution in [2.45, 2.75) is 316 Å². The molecule has 0 N–H and O–H groups in total. The summed E-state index contributed by atoms with van der Waals surface area (Å²) in [6.45, 7) is 7.61. The summed E-state index contributed by atoms with van der Waals surface area (Å²) >= 11 is 0. The Bertz CT molecular complexity index is 671. The van der Waals surface area contributed by atoms with Gasteiger partial charge in [-0.2, -0.15) is 0 Å². The molecule has 2 heteroatoms. The van der Waals surface area contributed by atoms with Crippen LogP contribution in [0.4, 0.5) is 0 Å². The van der Waals surface area contributed by atoms with Crippen LogP contribution in [0.1, 0.15) is 316 Å². The second kappa shape index (κ2) is 48.6. The molecule has 0 spiro atoms. The van der Waals surface area contributed by atoms with Crippen LogP contribution < -0.4 is 0 Å². The van der Waals surface area contributed by atoms with Crippen molar-refractivity contribution in [3.8, 4) is 0 Å². The first-order chi connectivity index (χ1) is 26.7. The Labute approximate surface area is 343 Å². The minimum Gasteiger partial charge on any atom is -0.466 e. The van der Waals surface area contributed by atoms with Gasteiger partial charge in [-0.3, -0.25) is 4.79 Å². The summed E-state index contributed by atoms with van der Waals surface area (Å²) in [4.78, 5) is 11.9. The maximum absolute atomic E-state index is 11.9. The van der Waals surface area contributed by atoms with Crippen molar-refractivity contribution in [2.75, 3.05) is 6.61 Å². The zero-order valence-electron chi connectivity index (χ0n) is 38.1. The van der Waals surface area contributed by atoms with Gasteiger partial charge < -0.3 is 4.74 Å². The van der Waals surface area contributed by atoms with Gasteiger partial charge in [0.25, 0.3) is 0 Å². The van der Waals surface area contributed by atoms with Gasteiger partial charge in [-0.1, -0.05) is 297 Å². The van der Waals surface area contributed by atoms with Crippen LogP contribution in [0.5, 0.6) is 0 Å². The van der Waals surface area contributed by atoms with Gasteiger partial charge >= 0.3 is 5.97 Å². The highest BCUT2D eigenvalue weighted by Crippen LogP contribution is 2.18. The van der Waals surface area contributed by atoms with Crippen LogP contribution >= 0.6 is 0 Å². The van der Waals surface area contributed by atoms with Gasteiger partial charge in [0.2, 0.25) is 0 Å². The quantitative estimate of drug-likeness (QED) is 0.0456. The third-order valence-corrected chi connectivity index (χ3v) is 12.2. The molecule has 324 valence electrons. The number of ether oxygens (including phenoxy) is 1. The third-order valence-electron chi connectivity index (χ3n) is 12.2. The van der Waals surface area contributed by atoms with Crippen LogP contribution in [0.3, 0.4) is 0 Å². The molecular formula is C52H104O2. The van der Waals surface area contributed by atoms with Crippen LogP contribution in [-0.4, -0.2) is 12.6 Å². The molecule has 0 aliphatic carbocycles. The number of esters is 1. The van der Waals surface area contributed by atoms with Gasteiger partial charge in [0, 0.05) is 6.42 Å². The maximum atomic E-state index is 11.9. The Morgan fingerprint density at radius 2 is 0.537 bits per heavy atom. The molecule has 0 aliphatic heterocycles. The first-order valence-electron chi connectivity index (χ1n) is 25.8. The van der Waals surface area contributed by atoms with E-state index in [-0.39, 0.29) is 5.97 Å². The van der Waals surface area contributed by atoms with E-state index in [1.807, 2.05) is 0 Å². The Balaban J connectivity index is 3.11. The molecule has 0 bridgehead atoms. The summed E-state index contributed by atoms with van der Waals surface area (Å²) in [5, 5.41) is 0. The highest BCUT2D eigenvalue weighted by molar-refractivity contribution is 5.69. The van der Waals surface area contributed by atoms with Crippen molar-refractivity contribution < 1.29 is 9.53 Å². The van der Waals surface area contributed by atoms with Crippen molar-refractivity contribution in [3.05, 3.63) is 0 Å². The van der Waals surface area contributed by atoms with E-state index < -0.39 is 0 Å². The van der Waals surface area contributed by atoms with Crippen LogP contribution in [0.25, 0.3) is 0 Å². The molecule has 0 atom stereocenters. The van der Waals surface area contributed by atoms with E-state index in [1.54, 1.807) is 0 Å². The van der Waals surface area contributed by atoms with E-state index in [9.17, 15) is 4.79 Å². The van der Waals surface area contributed by atoms with Gasteiger partial charge in [0.15, 0.2) is 0 Å². The van der Waals surface area contributed by atoms with Gasteiger partial charge in [-0.05, 0) is 18.8 Å². The van der Waals surface area contributed by atoms with Crippen LogP contribution in [0.15, 0.2) is 0 Å². The molecule has 54 heavy (non-hydrogen) atoms. The molecular weight excluding hydrogens is 657 g/mol. The monoisotopic (exact) mass is 761 g/mol. The molecule has 0 radical (unpaired) electrons. The molecule has 0 heterocycles. The SMILES string of the molecule is CCCCCCCCCCCC(=O)OCCCCCCCCCCCCCCCCCCCCCCCCCCCCCCCCCCCCCC(C)C. The smallest absolute Gasteiger partial charge is 0.305 e. The van der Waals surface area contributed by atoms with Crippen LogP contribution in [0, 0.1) is 5.92 Å². The summed E-state index contributed by atoms with van der Waals surface area (Å²) < 4.78 is 5.45. The molecule has 0 aromatic rings. The fraction of sp³-hybridized carbons (Fsp3) is 0.981. The topological polar surface area (TPSA) is 26.3 Å². The molecule has 0 fully saturated rings. The Kier molecular flexibility index (Phi) is 48.1. The molecule has 0 saturated heterocycles. The molecule has 0 aromatic carbocycles. The third kappa shape index (κ3) is 49.5. The Morgan fingerprint density at radius 3 is 0.796 bits per heavy atom. The largest absolute Gasteiger partial charge is 0.466 e. The molecule has 0 unspecified atom stereocenters. The van der Waals surface area contributed by atoms with E-state index in [0.717, 1.165) is 18.8 Å². The molecule has 0 saturated carbocycles. The number of carbonyl (C=O) groups is 1. The average molecular weight is 761 g/mol. The fourth-order valence-electron chi connectivity index (χ4n) is 8.33. The second-order valence-corrected chi connectivity index (χ2v) is 18.4. The van der Waals surface area contributed by atoms with Gasteiger partial charge in [0.05, 0.1) is 6.61 Å². The maximum Gasteiger partial charge on any atom is 0.305 e. The zero-order valence-corrected chi connectivity index (χ0v) is 38.1. The standard InChI is InChI=1S/C52H104O2/c1-4-5-6-7-8-36-40-43-46-49-52(53)54-50-47-44-41-38-35-33-31-29-27-25-23-21-19-17-15-13-11-9-10-12-14-16-18-20-22-24-26-28-30-32-34-37-39-42-45-48-51(2)3/h51H,4-50H2,1-3H3. The van der Waals surface area contributed by atoms with Crippen molar-refractivity contribution in [1.29, 1.82) is 0 Å². The molecule has 0 rings (SSSR count). The lowest BCUT2D eigenvalue weighted by Crippen LogP contribution is -2.05. The number of carbonyl (C=O) groups excluding carboxylic acids is 1. The Morgan fingerprint density at radius 1 is 0.315 bits per heavy atom. The predicted molar refractivity (Wildman–Crippen MR) is 244 cm³/mol. The van der Waals surface area contributed by atoms with Crippen LogP contribution in [0.2, 0.25) is 0 Å². The lowest BCUT2D eigenvalue weighted by atomic mass is 10.0. The van der Waals surface area contributed by atoms with E-state index in [2.05, 4.69) is 20.8 Å². The second-order valence-electron chi connectivity index (χ2n) is 18.4. The summed E-state index contributed by atoms with van der Waals surface area (Å²) in [6, 6.07) is 0. The minimum absolute atomic E-state index is 0.0271. The van der Waals surface area contributed by atoms with Gasteiger partial charge in [-0.15, -0.1) is 0 Å². The highest BCUT2D eigenvalue weighted by Gasteiger charge is 2.03. The summed E-state index contributed by atoms with van der Waals surface area (Å²) in [6.07, 6.45) is 64.1. The van der Waals surface area contributed by atoms with E-state index in [1.165, 1.54) is 276 Å². The highest BCUT2D eigenvalue weighted by atomic mass is 16.5. The summed E-state index contributed by atoms with van der Waals surface area (Å²) in [5.41, 5.74) is 0. The number of hydrogen-bond donors (Lipinski definition) is 0. The first kappa shape index (κ1) is 53.5. The average Bonchev–Trinajstić information content (AvgIpc) is 3.16. The van der Waals surface area contributed by atoms with Crippen molar-refractivity contribution in [1.82, 2.24) is 0 Å². The van der Waals surface area contributed by atoms with Gasteiger partial charge in [-0.25, -0.2) is 0 Å². The summed E-state index contributed by atoms with van der Waals surface area (Å²) in [7, 11) is 0. The molecule has 0 amide bonds. The lowest BCUT2D eigenvalue weighted by molar-refractivity contribution is -0.143. The first-order valence-corrected chi connectivity index (χ1v) is 25.8. The van der Waals surface area contributed by atoms with E-state index in [0.29, 0.717) is 13.0 Å². The van der Waals surface area contributed by atoms with E-state index >= 15 is 0 Å². The number of unbranched alkanes of at least 4 members (excludes halogenated alkanes) is 42. The molecule has 2 nitrogen and oxygen atoms in total. The number of hydrogen-bond acceptors (Lipinski definition) is 2. The minimum atomic E-state index is 0.0271. The number of rotatable bonds is 48. The predicted octanol–water partition coefficient (Wildman–Crippen LogP) is 19.2. The summed E-state index contributed by atoms with van der Waals surface area (Å²) in [5.74, 6) is 0.918. The van der Waals surface area contributed by atoms with Crippen molar-refractivity contribution >= 4 is 5.97 Å². The molecule has 0 aromatic heterocycles. The van der Waals surface area contributed by atoms with Crippen LogP contribution in [-0.2, 0) is 9.53 Å². The fourth-order valence-corrected chi connectivity index (χ4v) is 8.33.